The molecule has 1 saturated heterocycles. The van der Waals surface area contributed by atoms with E-state index in [4.69, 9.17) is 4.42 Å². The second kappa shape index (κ2) is 16.0. The Labute approximate surface area is 253 Å². The summed E-state index contributed by atoms with van der Waals surface area (Å²) < 4.78 is 28.6. The van der Waals surface area contributed by atoms with E-state index >= 15 is 0 Å². The van der Waals surface area contributed by atoms with E-state index in [1.807, 2.05) is 19.1 Å². The van der Waals surface area contributed by atoms with Crippen LogP contribution in [-0.2, 0) is 6.42 Å². The first-order valence-corrected chi connectivity index (χ1v) is 16.3. The molecule has 3 rings (SSSR count). The number of aliphatic hydroxyl groups is 1. The Morgan fingerprint density at radius 2 is 1.95 bits per heavy atom. The van der Waals surface area contributed by atoms with Gasteiger partial charge in [0.05, 0.1) is 29.8 Å². The van der Waals surface area contributed by atoms with Gasteiger partial charge in [0.15, 0.2) is 0 Å². The van der Waals surface area contributed by atoms with Crippen molar-refractivity contribution in [3.63, 3.8) is 0 Å². The number of carbonyl (C=O) groups excluding carboxylic acids is 1. The average molecular weight is 615 g/mol. The highest BCUT2D eigenvalue weighted by Gasteiger charge is 2.29. The molecule has 0 saturated carbocycles. The molecule has 1 amide bonds. The zero-order valence-electron chi connectivity index (χ0n) is 25.2. The summed E-state index contributed by atoms with van der Waals surface area (Å²) in [6.07, 6.45) is 5.92. The van der Waals surface area contributed by atoms with Gasteiger partial charge in [-0.25, -0.2) is 0 Å². The Balaban J connectivity index is 0.00000588. The number of nitrogens with zero attached hydrogens (tertiary/aromatic N) is 1. The topological polar surface area (TPSA) is 130 Å². The van der Waals surface area contributed by atoms with Crippen LogP contribution in [0.5, 0.6) is 0 Å². The summed E-state index contributed by atoms with van der Waals surface area (Å²) >= 11 is 0. The van der Waals surface area contributed by atoms with Crippen LogP contribution in [0.25, 0.3) is 0 Å². The van der Waals surface area contributed by atoms with Gasteiger partial charge in [0.2, 0.25) is 0 Å². The summed E-state index contributed by atoms with van der Waals surface area (Å²) in [4.78, 5) is 13.6. The molecule has 1 aromatic carbocycles. The third kappa shape index (κ3) is 11.0. The molecule has 1 fully saturated rings. The van der Waals surface area contributed by atoms with Crippen LogP contribution in [0, 0.1) is 5.92 Å². The van der Waals surface area contributed by atoms with E-state index in [9.17, 15) is 19.0 Å². The van der Waals surface area contributed by atoms with Crippen LogP contribution in [0.3, 0.4) is 0 Å². The van der Waals surface area contributed by atoms with E-state index in [0.717, 1.165) is 37.8 Å². The molecule has 1 aliphatic rings. The van der Waals surface area contributed by atoms with Crippen LogP contribution in [-0.4, -0.2) is 63.2 Å². The minimum atomic E-state index is -2.94. The highest BCUT2D eigenvalue weighted by Crippen LogP contribution is 2.50. The molecule has 6 N–H and O–H groups in total. The molecule has 0 aliphatic carbocycles. The van der Waals surface area contributed by atoms with Crippen molar-refractivity contribution in [3.05, 3.63) is 47.9 Å². The summed E-state index contributed by atoms with van der Waals surface area (Å²) in [6, 6.07) is 8.33. The van der Waals surface area contributed by atoms with Crippen LogP contribution in [0.1, 0.15) is 82.8 Å². The summed E-state index contributed by atoms with van der Waals surface area (Å²) in [6.45, 7) is 12.2. The maximum Gasteiger partial charge on any atom is 0.251 e. The molecule has 41 heavy (non-hydrogen) atoms. The second-order valence-electron chi connectivity index (χ2n) is 11.9. The molecule has 0 radical (unpaired) electrons. The Morgan fingerprint density at radius 1 is 1.20 bits per heavy atom. The summed E-state index contributed by atoms with van der Waals surface area (Å²) in [5.74, 6) is 1.30. The number of anilines is 2. The maximum absolute atomic E-state index is 13.6. The molecule has 0 bridgehead atoms. The Morgan fingerprint density at radius 3 is 2.59 bits per heavy atom. The average Bonchev–Trinajstić information content (AvgIpc) is 3.39. The summed E-state index contributed by atoms with van der Waals surface area (Å²) in [5.41, 5.74) is 1.55. The molecule has 1 aromatic heterocycles. The predicted molar refractivity (Wildman–Crippen MR) is 173 cm³/mol. The minimum Gasteiger partial charge on any atom is -0.469 e. The first-order valence-electron chi connectivity index (χ1n) is 14.6. The highest BCUT2D eigenvalue weighted by atomic mass is 35.5. The number of β-amino-alcohol motifs (C(OH)–C–C–N with tert-alkyl or cyclic N) is 1. The van der Waals surface area contributed by atoms with Gasteiger partial charge in [0.1, 0.15) is 5.76 Å². The number of carbonyl (C=O) groups is 1. The molecule has 11 heteroatoms. The van der Waals surface area contributed by atoms with Crippen LogP contribution in [0.2, 0.25) is 0 Å². The molecule has 1 aliphatic heterocycles. The fourth-order valence-corrected chi connectivity index (χ4v) is 6.72. The van der Waals surface area contributed by atoms with Gasteiger partial charge in [-0.05, 0) is 76.3 Å². The van der Waals surface area contributed by atoms with Gasteiger partial charge in [-0.2, -0.15) is 0 Å². The third-order valence-corrected chi connectivity index (χ3v) is 9.32. The number of hydrogen-bond acceptors (Lipinski definition) is 8. The smallest absolute Gasteiger partial charge is 0.251 e. The summed E-state index contributed by atoms with van der Waals surface area (Å²) in [7, 11) is -2.94. The zero-order chi connectivity index (χ0) is 29.3. The second-order valence-corrected chi connectivity index (χ2v) is 14.0. The van der Waals surface area contributed by atoms with Crippen LogP contribution >= 0.6 is 23.2 Å². The number of furan rings is 1. The van der Waals surface area contributed by atoms with Crippen molar-refractivity contribution < 1.29 is 23.4 Å². The molecule has 2 aromatic rings. The van der Waals surface area contributed by atoms with E-state index in [-0.39, 0.29) is 23.9 Å². The molecule has 0 unspecified atom stereocenters. The predicted octanol–water partition coefficient (Wildman–Crippen LogP) is 6.30. The van der Waals surface area contributed by atoms with E-state index < -0.39 is 22.9 Å². The normalized spacial score (nSPS) is 17.4. The standard InChI is InChI=1S/C30H50N4O5S.ClH/c1-6-31-24-17-23(18-25(19-24)34-14-7-8-16-40(34,37)38)29(36)33-27(20-26-12-10-15-39-26)28(35)21-32-30(4,5)13-9-11-22(2)3;/h10,12,15,17-19,22,27-28,31-32,35,37-38H,6-9,11,13-14,16,20-21H2,1-5H3,(H,33,36);1H/t27-,28+;/m0./s1. The Bertz CT molecular complexity index is 1070. The van der Waals surface area contributed by atoms with Gasteiger partial charge in [-0.3, -0.25) is 18.2 Å². The molecular formula is C30H51ClN4O5S. The van der Waals surface area contributed by atoms with E-state index in [0.29, 0.717) is 54.7 Å². The first-order chi connectivity index (χ1) is 18.9. The molecular weight excluding hydrogens is 564 g/mol. The largest absolute Gasteiger partial charge is 0.469 e. The monoisotopic (exact) mass is 614 g/mol. The van der Waals surface area contributed by atoms with Crippen molar-refractivity contribution >= 4 is 40.5 Å². The number of benzene rings is 1. The van der Waals surface area contributed by atoms with Gasteiger partial charge in [0, 0.05) is 42.8 Å². The lowest BCUT2D eigenvalue weighted by atomic mass is 9.94. The number of aliphatic hydroxyl groups excluding tert-OH is 1. The van der Waals surface area contributed by atoms with Gasteiger partial charge in [0.25, 0.3) is 5.91 Å². The van der Waals surface area contributed by atoms with E-state index in [2.05, 4.69) is 43.6 Å². The van der Waals surface area contributed by atoms with Gasteiger partial charge in [-0.1, -0.05) is 26.7 Å². The van der Waals surface area contributed by atoms with Crippen molar-refractivity contribution in [2.24, 2.45) is 5.92 Å². The Kier molecular flexibility index (Phi) is 13.8. The molecule has 0 spiro atoms. The number of hydrogen-bond donors (Lipinski definition) is 6. The van der Waals surface area contributed by atoms with Crippen LogP contribution in [0.15, 0.2) is 41.0 Å². The first kappa shape index (κ1) is 35.2. The SMILES string of the molecule is CCNc1cc(C(=O)N[C@@H](Cc2ccco2)[C@H](O)CNC(C)(C)CCCC(C)C)cc(N2CCCCS2(O)O)c1.Cl. The zero-order valence-corrected chi connectivity index (χ0v) is 26.8. The van der Waals surface area contributed by atoms with Crippen molar-refractivity contribution in [3.8, 4) is 0 Å². The maximum atomic E-state index is 13.6. The molecule has 2 atom stereocenters. The lowest BCUT2D eigenvalue weighted by molar-refractivity contribution is 0.0804. The number of nitrogens with one attached hydrogen (secondary N) is 3. The number of rotatable bonds is 15. The highest BCUT2D eigenvalue weighted by molar-refractivity contribution is 8.25. The molecule has 9 nitrogen and oxygen atoms in total. The van der Waals surface area contributed by atoms with Crippen molar-refractivity contribution in [1.29, 1.82) is 0 Å². The number of amides is 1. The van der Waals surface area contributed by atoms with Crippen molar-refractivity contribution in [2.75, 3.05) is 35.0 Å². The molecule has 234 valence electrons. The number of halogens is 1. The fraction of sp³-hybridized carbons (Fsp3) is 0.633. The third-order valence-electron chi connectivity index (χ3n) is 7.39. The quantitative estimate of drug-likeness (QED) is 0.138. The van der Waals surface area contributed by atoms with Gasteiger partial charge < -0.3 is 25.5 Å². The van der Waals surface area contributed by atoms with E-state index in [1.54, 1.807) is 28.8 Å². The Hall–Kier alpha value is -1.95. The van der Waals surface area contributed by atoms with Crippen molar-refractivity contribution in [2.45, 2.75) is 90.8 Å². The lowest BCUT2D eigenvalue weighted by Crippen LogP contribution is -2.52. The van der Waals surface area contributed by atoms with E-state index in [1.165, 1.54) is 0 Å². The lowest BCUT2D eigenvalue weighted by Gasteiger charge is -2.47. The van der Waals surface area contributed by atoms with Gasteiger partial charge >= 0.3 is 0 Å². The van der Waals surface area contributed by atoms with Gasteiger partial charge in [-0.15, -0.1) is 23.2 Å². The molecule has 2 heterocycles. The summed E-state index contributed by atoms with van der Waals surface area (Å²) in [5, 5.41) is 21.0. The fourth-order valence-electron chi connectivity index (χ4n) is 5.04. The van der Waals surface area contributed by atoms with Crippen LogP contribution < -0.4 is 20.3 Å². The van der Waals surface area contributed by atoms with Crippen molar-refractivity contribution in [1.82, 2.24) is 10.6 Å². The van der Waals surface area contributed by atoms with Crippen LogP contribution in [0.4, 0.5) is 11.4 Å². The minimum absolute atomic E-state index is 0.